The highest BCUT2D eigenvalue weighted by atomic mass is 35.5. The molecule has 2 saturated heterocycles. The van der Waals surface area contributed by atoms with E-state index in [9.17, 15) is 14.4 Å². The van der Waals surface area contributed by atoms with E-state index in [0.29, 0.717) is 54.1 Å². The summed E-state index contributed by atoms with van der Waals surface area (Å²) in [6.07, 6.45) is -0.582. The van der Waals surface area contributed by atoms with Gasteiger partial charge in [0.1, 0.15) is 12.4 Å². The fourth-order valence-corrected chi connectivity index (χ4v) is 4.90. The number of benzene rings is 2. The van der Waals surface area contributed by atoms with Gasteiger partial charge in [-0.1, -0.05) is 23.7 Å². The van der Waals surface area contributed by atoms with E-state index in [0.717, 1.165) is 0 Å². The van der Waals surface area contributed by atoms with Crippen molar-refractivity contribution in [2.24, 2.45) is 5.92 Å². The molecular formula is C25H26ClN3O6. The van der Waals surface area contributed by atoms with Crippen molar-refractivity contribution in [1.82, 2.24) is 9.80 Å². The van der Waals surface area contributed by atoms with E-state index >= 15 is 0 Å². The van der Waals surface area contributed by atoms with Crippen LogP contribution in [0.3, 0.4) is 0 Å². The van der Waals surface area contributed by atoms with Gasteiger partial charge in [-0.05, 0) is 30.3 Å². The molecule has 35 heavy (non-hydrogen) atoms. The first-order valence-electron chi connectivity index (χ1n) is 11.5. The first-order chi connectivity index (χ1) is 16.9. The highest BCUT2D eigenvalue weighted by molar-refractivity contribution is 6.31. The summed E-state index contributed by atoms with van der Waals surface area (Å²) in [6.45, 7) is 2.03. The molecule has 0 unspecified atom stereocenters. The van der Waals surface area contributed by atoms with E-state index in [-0.39, 0.29) is 37.3 Å². The minimum atomic E-state index is -0.708. The van der Waals surface area contributed by atoms with Gasteiger partial charge in [-0.2, -0.15) is 0 Å². The van der Waals surface area contributed by atoms with E-state index in [1.165, 1.54) is 7.11 Å². The number of fused-ring (bicyclic) bond motifs is 1. The summed E-state index contributed by atoms with van der Waals surface area (Å²) in [4.78, 5) is 43.9. The number of anilines is 1. The topological polar surface area (TPSA) is 88.6 Å². The minimum absolute atomic E-state index is 0.0832. The van der Waals surface area contributed by atoms with E-state index in [2.05, 4.69) is 0 Å². The predicted octanol–water partition coefficient (Wildman–Crippen LogP) is 2.21. The summed E-state index contributed by atoms with van der Waals surface area (Å²) < 4.78 is 16.9. The molecule has 0 N–H and O–H groups in total. The normalized spacial score (nSPS) is 21.8. The Bertz CT molecular complexity index is 1150. The van der Waals surface area contributed by atoms with Gasteiger partial charge in [0, 0.05) is 44.2 Å². The zero-order valence-electron chi connectivity index (χ0n) is 19.3. The zero-order chi connectivity index (χ0) is 24.5. The number of nitrogens with zero attached hydrogens (tertiary/aromatic N) is 3. The maximum Gasteiger partial charge on any atom is 0.267 e. The lowest BCUT2D eigenvalue weighted by Crippen LogP contribution is -2.56. The average Bonchev–Trinajstić information content (AvgIpc) is 3.29. The van der Waals surface area contributed by atoms with E-state index in [4.69, 9.17) is 25.8 Å². The molecule has 2 atom stereocenters. The molecule has 3 aliphatic heterocycles. The minimum Gasteiger partial charge on any atom is -0.495 e. The molecule has 3 aliphatic rings. The molecule has 0 spiro atoms. The van der Waals surface area contributed by atoms with Crippen molar-refractivity contribution < 1.29 is 28.6 Å². The van der Waals surface area contributed by atoms with Gasteiger partial charge in [-0.3, -0.25) is 14.4 Å². The molecule has 3 heterocycles. The number of hydrogen-bond acceptors (Lipinski definition) is 6. The van der Waals surface area contributed by atoms with Crippen LogP contribution in [0.5, 0.6) is 17.2 Å². The fourth-order valence-electron chi connectivity index (χ4n) is 4.73. The van der Waals surface area contributed by atoms with Crippen LogP contribution in [0, 0.1) is 5.92 Å². The number of ether oxygens (including phenoxy) is 3. The molecule has 2 aromatic rings. The maximum atomic E-state index is 13.2. The van der Waals surface area contributed by atoms with Gasteiger partial charge in [0.2, 0.25) is 17.9 Å². The second-order valence-electron chi connectivity index (χ2n) is 8.74. The van der Waals surface area contributed by atoms with Gasteiger partial charge in [0.05, 0.1) is 18.7 Å². The van der Waals surface area contributed by atoms with Crippen LogP contribution in [0.15, 0.2) is 42.5 Å². The molecule has 184 valence electrons. The van der Waals surface area contributed by atoms with Crippen LogP contribution < -0.4 is 19.1 Å². The Morgan fingerprint density at radius 3 is 2.40 bits per heavy atom. The van der Waals surface area contributed by atoms with Crippen LogP contribution in [0.2, 0.25) is 5.02 Å². The first kappa shape index (κ1) is 23.3. The summed E-state index contributed by atoms with van der Waals surface area (Å²) in [5.74, 6) is 0.870. The third kappa shape index (κ3) is 4.60. The molecule has 0 aromatic heterocycles. The first-order valence-corrected chi connectivity index (χ1v) is 11.9. The lowest BCUT2D eigenvalue weighted by Gasteiger charge is -2.38. The second kappa shape index (κ2) is 9.65. The Balaban J connectivity index is 1.17. The number of hydrogen-bond donors (Lipinski definition) is 0. The molecule has 2 fully saturated rings. The van der Waals surface area contributed by atoms with Crippen molar-refractivity contribution in [3.8, 4) is 17.2 Å². The van der Waals surface area contributed by atoms with Crippen molar-refractivity contribution in [2.45, 2.75) is 12.5 Å². The van der Waals surface area contributed by atoms with Gasteiger partial charge in [-0.25, -0.2) is 0 Å². The van der Waals surface area contributed by atoms with Crippen molar-refractivity contribution in [3.05, 3.63) is 47.5 Å². The van der Waals surface area contributed by atoms with E-state index < -0.39 is 12.0 Å². The molecule has 5 rings (SSSR count). The van der Waals surface area contributed by atoms with Crippen molar-refractivity contribution in [1.29, 1.82) is 0 Å². The summed E-state index contributed by atoms with van der Waals surface area (Å²) in [5, 5.41) is 0.486. The molecule has 0 saturated carbocycles. The summed E-state index contributed by atoms with van der Waals surface area (Å²) in [6, 6.07) is 12.3. The van der Waals surface area contributed by atoms with Crippen LogP contribution in [0.4, 0.5) is 5.69 Å². The van der Waals surface area contributed by atoms with Crippen LogP contribution in [-0.4, -0.2) is 80.1 Å². The average molecular weight is 500 g/mol. The molecular weight excluding hydrogens is 474 g/mol. The number of piperazine rings is 1. The summed E-state index contributed by atoms with van der Waals surface area (Å²) in [5.41, 5.74) is 0.562. The third-order valence-corrected chi connectivity index (χ3v) is 6.83. The van der Waals surface area contributed by atoms with Gasteiger partial charge in [-0.15, -0.1) is 0 Å². The standard InChI is InChI=1S/C25H26ClN3O6/c1-33-19-7-6-17(26)13-18(19)29-14-16(12-23(29)30)24(31)27-8-10-28(11-9-27)25(32)22-15-34-20-4-2-3-5-21(20)35-22/h2-7,13,16,22H,8-12,14-15H2,1H3/t16-,22+/m1/s1. The smallest absolute Gasteiger partial charge is 0.267 e. The molecule has 0 bridgehead atoms. The SMILES string of the molecule is COc1ccc(Cl)cc1N1C[C@H](C(=O)N2CCN(C(=O)[C@@H]3COc4ccccc4O3)CC2)CC1=O. The number of halogens is 1. The fraction of sp³-hybridized carbons (Fsp3) is 0.400. The second-order valence-corrected chi connectivity index (χ2v) is 9.17. The van der Waals surface area contributed by atoms with Crippen LogP contribution >= 0.6 is 11.6 Å². The van der Waals surface area contributed by atoms with Crippen LogP contribution in [0.25, 0.3) is 0 Å². The number of carbonyl (C=O) groups is 3. The van der Waals surface area contributed by atoms with Crippen LogP contribution in [0.1, 0.15) is 6.42 Å². The number of carbonyl (C=O) groups excluding carboxylic acids is 3. The van der Waals surface area contributed by atoms with Crippen LogP contribution in [-0.2, 0) is 14.4 Å². The quantitative estimate of drug-likeness (QED) is 0.641. The predicted molar refractivity (Wildman–Crippen MR) is 128 cm³/mol. The van der Waals surface area contributed by atoms with Gasteiger partial charge in [0.15, 0.2) is 11.5 Å². The molecule has 3 amide bonds. The molecule has 0 radical (unpaired) electrons. The Hall–Kier alpha value is -3.46. The highest BCUT2D eigenvalue weighted by Crippen LogP contribution is 2.36. The maximum absolute atomic E-state index is 13.2. The number of para-hydroxylation sites is 2. The Labute approximate surface area is 208 Å². The monoisotopic (exact) mass is 499 g/mol. The Kier molecular flexibility index (Phi) is 6.42. The molecule has 10 heteroatoms. The Morgan fingerprint density at radius 2 is 1.69 bits per heavy atom. The highest BCUT2D eigenvalue weighted by Gasteiger charge is 2.40. The lowest BCUT2D eigenvalue weighted by atomic mass is 10.1. The largest absolute Gasteiger partial charge is 0.495 e. The van der Waals surface area contributed by atoms with E-state index in [1.807, 2.05) is 12.1 Å². The summed E-state index contributed by atoms with van der Waals surface area (Å²) in [7, 11) is 1.53. The molecule has 0 aliphatic carbocycles. The van der Waals surface area contributed by atoms with Crippen molar-refractivity contribution in [2.75, 3.05) is 51.3 Å². The van der Waals surface area contributed by atoms with Crippen molar-refractivity contribution >= 4 is 35.0 Å². The number of rotatable bonds is 4. The van der Waals surface area contributed by atoms with Gasteiger partial charge >= 0.3 is 0 Å². The number of amides is 3. The lowest BCUT2D eigenvalue weighted by molar-refractivity contribution is -0.147. The zero-order valence-corrected chi connectivity index (χ0v) is 20.1. The van der Waals surface area contributed by atoms with Gasteiger partial charge in [0.25, 0.3) is 5.91 Å². The van der Waals surface area contributed by atoms with E-state index in [1.54, 1.807) is 45.0 Å². The molecule has 9 nitrogen and oxygen atoms in total. The van der Waals surface area contributed by atoms with Gasteiger partial charge < -0.3 is 28.9 Å². The Morgan fingerprint density at radius 1 is 1.00 bits per heavy atom. The van der Waals surface area contributed by atoms with Crippen molar-refractivity contribution in [3.63, 3.8) is 0 Å². The molecule has 2 aromatic carbocycles. The third-order valence-electron chi connectivity index (χ3n) is 6.59. The number of methoxy groups -OCH3 is 1. The summed E-state index contributed by atoms with van der Waals surface area (Å²) >= 11 is 6.12.